The van der Waals surface area contributed by atoms with E-state index >= 15 is 0 Å². The van der Waals surface area contributed by atoms with Crippen molar-refractivity contribution in [2.45, 2.75) is 0 Å². The molecule has 0 spiro atoms. The molecule has 0 atom stereocenters. The molecule has 10 rings (SSSR count). The third-order valence-corrected chi connectivity index (χ3v) is 9.72. The molecule has 2 heterocycles. The van der Waals surface area contributed by atoms with Gasteiger partial charge in [0, 0.05) is 27.1 Å². The van der Waals surface area contributed by atoms with Gasteiger partial charge in [-0.15, -0.1) is 0 Å². The molecule has 0 unspecified atom stereocenters. The number of aromatic nitrogens is 2. The summed E-state index contributed by atoms with van der Waals surface area (Å²) < 4.78 is 6.05. The van der Waals surface area contributed by atoms with Crippen molar-refractivity contribution in [1.29, 1.82) is 0 Å². The average Bonchev–Trinajstić information content (AvgIpc) is 3.56. The molecule has 2 aromatic heterocycles. The lowest BCUT2D eigenvalue weighted by molar-refractivity contribution is 0.669. The summed E-state index contributed by atoms with van der Waals surface area (Å²) in [6.45, 7) is 0. The van der Waals surface area contributed by atoms with Crippen molar-refractivity contribution in [2.75, 3.05) is 0 Å². The maximum atomic E-state index is 6.05. The average molecular weight is 625 g/mol. The van der Waals surface area contributed by atoms with Crippen LogP contribution in [0.25, 0.3) is 99.2 Å². The van der Waals surface area contributed by atoms with Gasteiger partial charge >= 0.3 is 0 Å². The lowest BCUT2D eigenvalue weighted by Gasteiger charge is -2.13. The van der Waals surface area contributed by atoms with Gasteiger partial charge in [0.05, 0.1) is 22.9 Å². The van der Waals surface area contributed by atoms with E-state index in [1.807, 2.05) is 18.3 Å². The summed E-state index contributed by atoms with van der Waals surface area (Å²) in [4.78, 5) is 10.4. The molecule has 0 saturated carbocycles. The van der Waals surface area contributed by atoms with E-state index in [-0.39, 0.29) is 0 Å². The Morgan fingerprint density at radius 2 is 0.816 bits per heavy atom. The number of furan rings is 1. The first-order valence-electron chi connectivity index (χ1n) is 16.6. The number of hydrogen-bond acceptors (Lipinski definition) is 3. The fourth-order valence-electron chi connectivity index (χ4n) is 7.22. The quantitative estimate of drug-likeness (QED) is 0.183. The second kappa shape index (κ2) is 11.0. The summed E-state index contributed by atoms with van der Waals surface area (Å²) in [5.74, 6) is 0. The highest BCUT2D eigenvalue weighted by atomic mass is 16.3. The van der Waals surface area contributed by atoms with Crippen LogP contribution in [0.5, 0.6) is 0 Å². The van der Waals surface area contributed by atoms with Crippen LogP contribution in [-0.4, -0.2) is 9.97 Å². The summed E-state index contributed by atoms with van der Waals surface area (Å²) in [5.41, 5.74) is 12.6. The van der Waals surface area contributed by atoms with Crippen molar-refractivity contribution in [3.63, 3.8) is 0 Å². The van der Waals surface area contributed by atoms with Gasteiger partial charge in [-0.2, -0.15) is 0 Å². The predicted molar refractivity (Wildman–Crippen MR) is 204 cm³/mol. The summed E-state index contributed by atoms with van der Waals surface area (Å²) >= 11 is 0. The monoisotopic (exact) mass is 624 g/mol. The van der Waals surface area contributed by atoms with Crippen molar-refractivity contribution >= 4 is 54.5 Å². The molecule has 10 aromatic rings. The first-order valence-corrected chi connectivity index (χ1v) is 16.6. The molecule has 0 aliphatic carbocycles. The molecule has 0 saturated heterocycles. The Hall–Kier alpha value is -6.58. The van der Waals surface area contributed by atoms with Gasteiger partial charge in [0.1, 0.15) is 11.2 Å². The third kappa shape index (κ3) is 4.59. The van der Waals surface area contributed by atoms with Gasteiger partial charge in [0.25, 0.3) is 0 Å². The van der Waals surface area contributed by atoms with Crippen LogP contribution in [0.4, 0.5) is 0 Å². The highest BCUT2D eigenvalue weighted by molar-refractivity contribution is 6.24. The Bertz CT molecular complexity index is 2850. The van der Waals surface area contributed by atoms with Gasteiger partial charge in [-0.3, -0.25) is 4.98 Å². The van der Waals surface area contributed by atoms with Gasteiger partial charge in [-0.25, -0.2) is 4.98 Å². The number of para-hydroxylation sites is 1. The largest absolute Gasteiger partial charge is 0.456 e. The molecular weight excluding hydrogens is 597 g/mol. The van der Waals surface area contributed by atoms with E-state index in [1.165, 1.54) is 33.0 Å². The van der Waals surface area contributed by atoms with E-state index in [9.17, 15) is 0 Å². The lowest BCUT2D eigenvalue weighted by atomic mass is 9.93. The minimum Gasteiger partial charge on any atom is -0.456 e. The Balaban J connectivity index is 1.11. The van der Waals surface area contributed by atoms with Crippen LogP contribution < -0.4 is 0 Å². The number of fused-ring (bicyclic) bond motifs is 9. The van der Waals surface area contributed by atoms with Gasteiger partial charge in [0.2, 0.25) is 0 Å². The summed E-state index contributed by atoms with van der Waals surface area (Å²) in [5, 5.41) is 6.81. The summed E-state index contributed by atoms with van der Waals surface area (Å²) in [6.07, 6.45) is 1.91. The van der Waals surface area contributed by atoms with Crippen LogP contribution in [0.1, 0.15) is 0 Å². The molecule has 0 N–H and O–H groups in total. The second-order valence-electron chi connectivity index (χ2n) is 12.6. The zero-order valence-corrected chi connectivity index (χ0v) is 26.5. The highest BCUT2D eigenvalue weighted by Crippen LogP contribution is 2.39. The number of benzene rings is 8. The molecular formula is C46H28N2O. The summed E-state index contributed by atoms with van der Waals surface area (Å²) in [6, 6.07) is 57.8. The Morgan fingerprint density at radius 1 is 0.327 bits per heavy atom. The zero-order chi connectivity index (χ0) is 32.3. The maximum absolute atomic E-state index is 6.05. The molecule has 49 heavy (non-hydrogen) atoms. The van der Waals surface area contributed by atoms with Gasteiger partial charge in [-0.05, 0) is 74.5 Å². The van der Waals surface area contributed by atoms with Crippen LogP contribution in [0, 0.1) is 0 Å². The van der Waals surface area contributed by atoms with Gasteiger partial charge in [-0.1, -0.05) is 133 Å². The van der Waals surface area contributed by atoms with Crippen molar-refractivity contribution in [2.24, 2.45) is 0 Å². The molecule has 8 aromatic carbocycles. The Morgan fingerprint density at radius 3 is 1.49 bits per heavy atom. The molecule has 3 heteroatoms. The number of rotatable bonds is 4. The topological polar surface area (TPSA) is 38.9 Å². The van der Waals surface area contributed by atoms with Crippen molar-refractivity contribution in [3.8, 4) is 44.6 Å². The molecule has 0 amide bonds. The zero-order valence-electron chi connectivity index (χ0n) is 26.5. The Kier molecular flexibility index (Phi) is 6.18. The first kappa shape index (κ1) is 27.5. The van der Waals surface area contributed by atoms with Crippen LogP contribution in [0.2, 0.25) is 0 Å². The predicted octanol–water partition coefficient (Wildman–Crippen LogP) is 12.5. The molecule has 228 valence electrons. The van der Waals surface area contributed by atoms with Crippen molar-refractivity contribution < 1.29 is 4.42 Å². The molecule has 0 bridgehead atoms. The number of hydrogen-bond donors (Lipinski definition) is 0. The minimum atomic E-state index is 0.851. The van der Waals surface area contributed by atoms with Crippen LogP contribution >= 0.6 is 0 Å². The second-order valence-corrected chi connectivity index (χ2v) is 12.6. The SMILES string of the molecule is c1ccc(-c2ccc3c(c2)c2cc(-c4ccccc4)ccc2c2nc(-c4ccc(-c5ccc6oc7ccccc7c6c5)cc4)cnc32)cc1. The minimum absolute atomic E-state index is 0.851. The Labute approximate surface area is 282 Å². The fraction of sp³-hybridized carbons (Fsp3) is 0. The third-order valence-electron chi connectivity index (χ3n) is 9.72. The molecule has 0 fully saturated rings. The normalized spacial score (nSPS) is 11.7. The van der Waals surface area contributed by atoms with E-state index in [2.05, 4.69) is 152 Å². The maximum Gasteiger partial charge on any atom is 0.135 e. The van der Waals surface area contributed by atoms with E-state index in [0.717, 1.165) is 66.1 Å². The van der Waals surface area contributed by atoms with E-state index < -0.39 is 0 Å². The van der Waals surface area contributed by atoms with E-state index in [1.54, 1.807) is 0 Å². The van der Waals surface area contributed by atoms with Crippen LogP contribution in [0.3, 0.4) is 0 Å². The smallest absolute Gasteiger partial charge is 0.135 e. The van der Waals surface area contributed by atoms with Crippen LogP contribution in [-0.2, 0) is 0 Å². The van der Waals surface area contributed by atoms with E-state index in [0.29, 0.717) is 0 Å². The van der Waals surface area contributed by atoms with E-state index in [4.69, 9.17) is 14.4 Å². The highest BCUT2D eigenvalue weighted by Gasteiger charge is 2.15. The molecule has 0 aliphatic heterocycles. The van der Waals surface area contributed by atoms with Crippen molar-refractivity contribution in [3.05, 3.63) is 170 Å². The number of nitrogens with zero attached hydrogens (tertiary/aromatic N) is 2. The molecule has 0 aliphatic rings. The first-order chi connectivity index (χ1) is 24.3. The van der Waals surface area contributed by atoms with Gasteiger partial charge in [0.15, 0.2) is 0 Å². The standard InChI is InChI=1S/C46H28N2O/c1-3-9-29(10-4-1)33-19-22-37-39(25-33)40-26-34(30-11-5-2-6-12-30)20-23-38(40)46-45(37)47-28-42(48-46)32-17-15-31(16-18-32)35-21-24-44-41(27-35)36-13-7-8-14-43(36)49-44/h1-28H. The molecule has 3 nitrogen and oxygen atoms in total. The van der Waals surface area contributed by atoms with Gasteiger partial charge < -0.3 is 4.42 Å². The lowest BCUT2D eigenvalue weighted by Crippen LogP contribution is -1.93. The summed E-state index contributed by atoms with van der Waals surface area (Å²) in [7, 11) is 0. The fourth-order valence-corrected chi connectivity index (χ4v) is 7.22. The van der Waals surface area contributed by atoms with Crippen molar-refractivity contribution in [1.82, 2.24) is 9.97 Å². The van der Waals surface area contributed by atoms with Crippen LogP contribution in [0.15, 0.2) is 174 Å². The molecule has 0 radical (unpaired) electrons.